The summed E-state index contributed by atoms with van der Waals surface area (Å²) in [6, 6.07) is 24.5. The maximum atomic E-state index is 12.9. The molecule has 1 aliphatic rings. The van der Waals surface area contributed by atoms with Crippen LogP contribution in [0.3, 0.4) is 0 Å². The van der Waals surface area contributed by atoms with E-state index < -0.39 is 5.97 Å². The second-order valence-corrected chi connectivity index (χ2v) is 9.22. The Balaban J connectivity index is 1.20. The molecule has 3 aromatic rings. The van der Waals surface area contributed by atoms with Crippen molar-refractivity contribution in [3.63, 3.8) is 0 Å². The number of aliphatic carboxylic acids is 1. The number of carboxylic acid groups (broad SMARTS) is 1. The maximum absolute atomic E-state index is 12.9. The third-order valence-corrected chi connectivity index (χ3v) is 6.34. The minimum Gasteiger partial charge on any atom is -0.490 e. The molecule has 8 nitrogen and oxygen atoms in total. The van der Waals surface area contributed by atoms with Crippen LogP contribution in [0.2, 0.25) is 0 Å². The first-order valence-electron chi connectivity index (χ1n) is 12.8. The van der Waals surface area contributed by atoms with Gasteiger partial charge in [-0.15, -0.1) is 0 Å². The van der Waals surface area contributed by atoms with Crippen molar-refractivity contribution in [3.05, 3.63) is 95.6 Å². The first-order chi connectivity index (χ1) is 18.5. The molecule has 1 aliphatic heterocycles. The number of piperidine rings is 1. The van der Waals surface area contributed by atoms with Crippen LogP contribution in [0, 0.1) is 0 Å². The highest BCUT2D eigenvalue weighted by Crippen LogP contribution is 2.23. The number of carbonyl (C=O) groups is 3. The van der Waals surface area contributed by atoms with Crippen LogP contribution in [0.25, 0.3) is 0 Å². The highest BCUT2D eigenvalue weighted by Gasteiger charge is 2.24. The van der Waals surface area contributed by atoms with Gasteiger partial charge in [0.1, 0.15) is 24.2 Å². The van der Waals surface area contributed by atoms with Crippen LogP contribution < -0.4 is 14.8 Å². The molecule has 4 rings (SSSR count). The standard InChI is InChI=1S/C30H32N2O6/c33-28(20-23-7-4-8-24(19-23)30(36)31-16-13-29(34)35)32-17-14-27(15-18-32)38-26-11-9-25(10-12-26)37-21-22-5-2-1-3-6-22/h1-12,19,27H,13-18,20-21H2,(H,31,36)(H,34,35). The van der Waals surface area contributed by atoms with Gasteiger partial charge in [0.2, 0.25) is 5.91 Å². The number of likely N-dealkylation sites (tertiary alicyclic amines) is 1. The van der Waals surface area contributed by atoms with Gasteiger partial charge in [0, 0.05) is 38.0 Å². The second-order valence-electron chi connectivity index (χ2n) is 9.22. The number of carbonyl (C=O) groups excluding carboxylic acids is 2. The van der Waals surface area contributed by atoms with Crippen LogP contribution in [-0.2, 0) is 22.6 Å². The second kappa shape index (κ2) is 13.3. The molecule has 0 bridgehead atoms. The smallest absolute Gasteiger partial charge is 0.305 e. The van der Waals surface area contributed by atoms with Gasteiger partial charge in [-0.2, -0.15) is 0 Å². The van der Waals surface area contributed by atoms with Gasteiger partial charge in [0.05, 0.1) is 12.8 Å². The van der Waals surface area contributed by atoms with E-state index in [0.29, 0.717) is 25.3 Å². The molecule has 1 saturated heterocycles. The Bertz CT molecular complexity index is 1220. The molecule has 2 amide bonds. The molecular formula is C30H32N2O6. The summed E-state index contributed by atoms with van der Waals surface area (Å²) in [5.41, 5.74) is 2.26. The molecule has 3 aromatic carbocycles. The molecule has 0 spiro atoms. The lowest BCUT2D eigenvalue weighted by atomic mass is 10.0. The Morgan fingerprint density at radius 3 is 2.26 bits per heavy atom. The minimum atomic E-state index is -0.971. The summed E-state index contributed by atoms with van der Waals surface area (Å²) in [7, 11) is 0. The van der Waals surface area contributed by atoms with Crippen LogP contribution in [0.5, 0.6) is 11.5 Å². The van der Waals surface area contributed by atoms with Gasteiger partial charge in [-0.1, -0.05) is 42.5 Å². The first-order valence-corrected chi connectivity index (χ1v) is 12.8. The average Bonchev–Trinajstić information content (AvgIpc) is 2.93. The predicted molar refractivity (Wildman–Crippen MR) is 142 cm³/mol. The number of ether oxygens (including phenoxy) is 2. The van der Waals surface area contributed by atoms with Gasteiger partial charge in [-0.3, -0.25) is 14.4 Å². The summed E-state index contributed by atoms with van der Waals surface area (Å²) in [5.74, 6) is 0.241. The summed E-state index contributed by atoms with van der Waals surface area (Å²) in [5, 5.41) is 11.3. The average molecular weight is 517 g/mol. The maximum Gasteiger partial charge on any atom is 0.305 e. The lowest BCUT2D eigenvalue weighted by Crippen LogP contribution is -2.42. The zero-order chi connectivity index (χ0) is 26.7. The molecule has 1 heterocycles. The van der Waals surface area contributed by atoms with Gasteiger partial charge < -0.3 is 24.8 Å². The van der Waals surface area contributed by atoms with Crippen LogP contribution in [0.15, 0.2) is 78.9 Å². The van der Waals surface area contributed by atoms with E-state index in [0.717, 1.165) is 35.5 Å². The first kappa shape index (κ1) is 26.7. The van der Waals surface area contributed by atoms with E-state index in [9.17, 15) is 14.4 Å². The minimum absolute atomic E-state index is 0.00630. The highest BCUT2D eigenvalue weighted by molar-refractivity contribution is 5.94. The lowest BCUT2D eigenvalue weighted by Gasteiger charge is -2.32. The number of amides is 2. The largest absolute Gasteiger partial charge is 0.490 e. The van der Waals surface area contributed by atoms with Crippen molar-refractivity contribution in [1.29, 1.82) is 0 Å². The molecule has 0 unspecified atom stereocenters. The fraction of sp³-hybridized carbons (Fsp3) is 0.300. The van der Waals surface area contributed by atoms with Crippen molar-refractivity contribution in [2.45, 2.75) is 38.4 Å². The number of rotatable bonds is 11. The molecule has 0 aliphatic carbocycles. The summed E-state index contributed by atoms with van der Waals surface area (Å²) in [6.45, 7) is 1.78. The quantitative estimate of drug-likeness (QED) is 0.398. The third-order valence-electron chi connectivity index (χ3n) is 6.34. The normalized spacial score (nSPS) is 13.5. The molecular weight excluding hydrogens is 484 g/mol. The Labute approximate surface area is 222 Å². The SMILES string of the molecule is O=C(O)CCNC(=O)c1cccc(CC(=O)N2CCC(Oc3ccc(OCc4ccccc4)cc3)CC2)c1. The molecule has 1 fully saturated rings. The van der Waals surface area contributed by atoms with Gasteiger partial charge in [0.25, 0.3) is 5.91 Å². The Morgan fingerprint density at radius 2 is 1.55 bits per heavy atom. The topological polar surface area (TPSA) is 105 Å². The molecule has 0 saturated carbocycles. The zero-order valence-corrected chi connectivity index (χ0v) is 21.2. The number of hydrogen-bond donors (Lipinski definition) is 2. The molecule has 0 radical (unpaired) electrons. The van der Waals surface area contributed by atoms with Gasteiger partial charge in [0.15, 0.2) is 0 Å². The van der Waals surface area contributed by atoms with Crippen molar-refractivity contribution < 1.29 is 29.0 Å². The van der Waals surface area contributed by atoms with Crippen molar-refractivity contribution in [2.24, 2.45) is 0 Å². The van der Waals surface area contributed by atoms with E-state index in [4.69, 9.17) is 14.6 Å². The molecule has 8 heteroatoms. The molecule has 0 aromatic heterocycles. The number of benzene rings is 3. The monoisotopic (exact) mass is 516 g/mol. The fourth-order valence-electron chi connectivity index (χ4n) is 4.26. The van der Waals surface area contributed by atoms with E-state index in [-0.39, 0.29) is 37.3 Å². The molecule has 198 valence electrons. The number of hydrogen-bond acceptors (Lipinski definition) is 5. The predicted octanol–water partition coefficient (Wildman–Crippen LogP) is 4.08. The van der Waals surface area contributed by atoms with Crippen molar-refractivity contribution >= 4 is 17.8 Å². The van der Waals surface area contributed by atoms with Crippen molar-refractivity contribution in [3.8, 4) is 11.5 Å². The highest BCUT2D eigenvalue weighted by atomic mass is 16.5. The fourth-order valence-corrected chi connectivity index (χ4v) is 4.26. The molecule has 0 atom stereocenters. The van der Waals surface area contributed by atoms with E-state index in [1.54, 1.807) is 18.2 Å². The van der Waals surface area contributed by atoms with E-state index in [1.807, 2.05) is 65.6 Å². The Kier molecular flexibility index (Phi) is 9.34. The van der Waals surface area contributed by atoms with Crippen molar-refractivity contribution in [2.75, 3.05) is 19.6 Å². The summed E-state index contributed by atoms with van der Waals surface area (Å²) in [6.07, 6.45) is 1.58. The van der Waals surface area contributed by atoms with Gasteiger partial charge in [-0.05, 0) is 47.5 Å². The number of nitrogens with one attached hydrogen (secondary N) is 1. The zero-order valence-electron chi connectivity index (χ0n) is 21.2. The molecule has 2 N–H and O–H groups in total. The number of carboxylic acids is 1. The van der Waals surface area contributed by atoms with Crippen molar-refractivity contribution in [1.82, 2.24) is 10.2 Å². The van der Waals surface area contributed by atoms with Gasteiger partial charge >= 0.3 is 5.97 Å². The summed E-state index contributed by atoms with van der Waals surface area (Å²) >= 11 is 0. The Hall–Kier alpha value is -4.33. The van der Waals surface area contributed by atoms with Gasteiger partial charge in [-0.25, -0.2) is 0 Å². The number of nitrogens with zero attached hydrogens (tertiary/aromatic N) is 1. The van der Waals surface area contributed by atoms with Crippen LogP contribution in [0.4, 0.5) is 0 Å². The van der Waals surface area contributed by atoms with E-state index in [1.165, 1.54) is 0 Å². The Morgan fingerprint density at radius 1 is 0.868 bits per heavy atom. The molecule has 38 heavy (non-hydrogen) atoms. The van der Waals surface area contributed by atoms with E-state index >= 15 is 0 Å². The van der Waals surface area contributed by atoms with Crippen LogP contribution >= 0.6 is 0 Å². The van der Waals surface area contributed by atoms with E-state index in [2.05, 4.69) is 5.32 Å². The van der Waals surface area contributed by atoms with Crippen LogP contribution in [-0.4, -0.2) is 53.5 Å². The third kappa shape index (κ3) is 8.09. The van der Waals surface area contributed by atoms with Crippen LogP contribution in [0.1, 0.15) is 40.7 Å². The summed E-state index contributed by atoms with van der Waals surface area (Å²) in [4.78, 5) is 37.6. The lowest BCUT2D eigenvalue weighted by molar-refractivity contribution is -0.137. The summed E-state index contributed by atoms with van der Waals surface area (Å²) < 4.78 is 12.0.